The van der Waals surface area contributed by atoms with Gasteiger partial charge in [-0.15, -0.1) is 0 Å². The van der Waals surface area contributed by atoms with Crippen molar-refractivity contribution in [1.82, 2.24) is 24.8 Å². The molecule has 1 aliphatic rings. The van der Waals surface area contributed by atoms with E-state index in [1.165, 1.54) is 5.56 Å². The van der Waals surface area contributed by atoms with Crippen LogP contribution in [-0.2, 0) is 11.3 Å². The first kappa shape index (κ1) is 17.5. The van der Waals surface area contributed by atoms with E-state index >= 15 is 0 Å². The van der Waals surface area contributed by atoms with E-state index in [1.807, 2.05) is 30.3 Å². The van der Waals surface area contributed by atoms with Gasteiger partial charge in [0.1, 0.15) is 6.33 Å². The molecule has 1 aliphatic heterocycles. The van der Waals surface area contributed by atoms with Crippen molar-refractivity contribution in [2.75, 3.05) is 26.7 Å². The number of rotatable bonds is 6. The highest BCUT2D eigenvalue weighted by Gasteiger charge is 2.25. The predicted octanol–water partition coefficient (Wildman–Crippen LogP) is 2.10. The normalized spacial score (nSPS) is 17.7. The van der Waals surface area contributed by atoms with Gasteiger partial charge in [-0.3, -0.25) is 9.78 Å². The topological polar surface area (TPSA) is 62.2 Å². The molecule has 0 bridgehead atoms. The molecule has 132 valence electrons. The summed E-state index contributed by atoms with van der Waals surface area (Å²) < 4.78 is 0. The van der Waals surface area contributed by atoms with Crippen LogP contribution in [0.4, 0.5) is 0 Å². The molecule has 1 atom stereocenters. The monoisotopic (exact) mass is 339 g/mol. The summed E-state index contributed by atoms with van der Waals surface area (Å²) in [7, 11) is 2.04. The van der Waals surface area contributed by atoms with Gasteiger partial charge in [0.05, 0.1) is 0 Å². The van der Waals surface area contributed by atoms with Crippen molar-refractivity contribution >= 4 is 5.91 Å². The van der Waals surface area contributed by atoms with Crippen LogP contribution in [0.5, 0.6) is 0 Å². The van der Waals surface area contributed by atoms with Crippen molar-refractivity contribution in [2.24, 2.45) is 0 Å². The molecule has 2 aromatic rings. The van der Waals surface area contributed by atoms with Gasteiger partial charge in [0, 0.05) is 62.8 Å². The first-order valence-corrected chi connectivity index (χ1v) is 8.83. The van der Waals surface area contributed by atoms with E-state index in [0.29, 0.717) is 12.3 Å². The van der Waals surface area contributed by atoms with E-state index in [9.17, 15) is 4.79 Å². The molecule has 0 N–H and O–H groups in total. The Morgan fingerprint density at radius 3 is 3.00 bits per heavy atom. The summed E-state index contributed by atoms with van der Waals surface area (Å²) in [5.41, 5.74) is 2.21. The number of nitrogens with zero attached hydrogens (tertiary/aromatic N) is 5. The quantitative estimate of drug-likeness (QED) is 0.806. The number of carbonyl (C=O) groups excluding carboxylic acids is 1. The molecule has 0 unspecified atom stereocenters. The van der Waals surface area contributed by atoms with E-state index in [4.69, 9.17) is 0 Å². The molecule has 1 saturated heterocycles. The van der Waals surface area contributed by atoms with E-state index in [0.717, 1.165) is 44.7 Å². The van der Waals surface area contributed by atoms with Gasteiger partial charge in [-0.05, 0) is 37.6 Å². The van der Waals surface area contributed by atoms with Crippen LogP contribution in [0.25, 0.3) is 0 Å². The minimum Gasteiger partial charge on any atom is -0.342 e. The number of pyridine rings is 1. The van der Waals surface area contributed by atoms with Crippen LogP contribution in [0.3, 0.4) is 0 Å². The minimum atomic E-state index is 0.233. The Balaban J connectivity index is 1.47. The highest BCUT2D eigenvalue weighted by Crippen LogP contribution is 2.25. The van der Waals surface area contributed by atoms with Gasteiger partial charge in [-0.2, -0.15) is 0 Å². The summed E-state index contributed by atoms with van der Waals surface area (Å²) in [6.07, 6.45) is 9.67. The summed E-state index contributed by atoms with van der Waals surface area (Å²) in [4.78, 5) is 29.2. The molecule has 0 aromatic carbocycles. The maximum atomic E-state index is 12.6. The fourth-order valence-electron chi connectivity index (χ4n) is 3.31. The molecule has 6 nitrogen and oxygen atoms in total. The van der Waals surface area contributed by atoms with Crippen molar-refractivity contribution in [2.45, 2.75) is 31.7 Å². The lowest BCUT2D eigenvalue weighted by molar-refractivity contribution is -0.132. The Labute approximate surface area is 148 Å². The third-order valence-corrected chi connectivity index (χ3v) is 4.68. The summed E-state index contributed by atoms with van der Waals surface area (Å²) in [6, 6.07) is 5.96. The Bertz CT molecular complexity index is 664. The lowest BCUT2D eigenvalue weighted by atomic mass is 9.94. The summed E-state index contributed by atoms with van der Waals surface area (Å²) in [5, 5.41) is 0. The second-order valence-electron chi connectivity index (χ2n) is 6.66. The second-order valence-corrected chi connectivity index (χ2v) is 6.66. The van der Waals surface area contributed by atoms with Gasteiger partial charge in [-0.1, -0.05) is 6.07 Å². The smallest absolute Gasteiger partial charge is 0.223 e. The van der Waals surface area contributed by atoms with Crippen LogP contribution in [0, 0.1) is 0 Å². The number of likely N-dealkylation sites (tertiary alicyclic amines) is 1. The first-order chi connectivity index (χ1) is 12.2. The number of amides is 1. The predicted molar refractivity (Wildman–Crippen MR) is 95.8 cm³/mol. The van der Waals surface area contributed by atoms with Crippen molar-refractivity contribution in [1.29, 1.82) is 0 Å². The van der Waals surface area contributed by atoms with E-state index in [1.54, 1.807) is 18.7 Å². The second kappa shape index (κ2) is 8.67. The summed E-state index contributed by atoms with van der Waals surface area (Å²) in [5.74, 6) is 0.561. The molecule has 0 aliphatic carbocycles. The lowest BCUT2D eigenvalue weighted by Crippen LogP contribution is -2.40. The number of carbonyl (C=O) groups is 1. The molecule has 25 heavy (non-hydrogen) atoms. The molecule has 0 saturated carbocycles. The van der Waals surface area contributed by atoms with Crippen LogP contribution in [0.15, 0.2) is 43.1 Å². The highest BCUT2D eigenvalue weighted by atomic mass is 16.2. The first-order valence-electron chi connectivity index (χ1n) is 8.83. The maximum absolute atomic E-state index is 12.6. The van der Waals surface area contributed by atoms with Crippen molar-refractivity contribution in [3.8, 4) is 0 Å². The van der Waals surface area contributed by atoms with Crippen LogP contribution < -0.4 is 0 Å². The third kappa shape index (κ3) is 5.06. The van der Waals surface area contributed by atoms with E-state index in [-0.39, 0.29) is 5.91 Å². The van der Waals surface area contributed by atoms with Gasteiger partial charge >= 0.3 is 0 Å². The van der Waals surface area contributed by atoms with Crippen LogP contribution >= 0.6 is 0 Å². The van der Waals surface area contributed by atoms with E-state index in [2.05, 4.69) is 25.9 Å². The van der Waals surface area contributed by atoms with Crippen molar-refractivity contribution < 1.29 is 4.79 Å². The Morgan fingerprint density at radius 2 is 2.24 bits per heavy atom. The fourth-order valence-corrected chi connectivity index (χ4v) is 3.31. The maximum Gasteiger partial charge on any atom is 0.223 e. The van der Waals surface area contributed by atoms with Crippen LogP contribution in [0.2, 0.25) is 0 Å². The SMILES string of the molecule is CN(CCC(=O)N1CCC[C@@H](c2ccncn2)C1)Cc1cccnc1. The third-order valence-electron chi connectivity index (χ3n) is 4.68. The molecule has 0 spiro atoms. The number of hydrogen-bond donors (Lipinski definition) is 0. The Kier molecular flexibility index (Phi) is 6.06. The van der Waals surface area contributed by atoms with Gasteiger partial charge in [0.25, 0.3) is 0 Å². The molecule has 0 radical (unpaired) electrons. The molecular formula is C19H25N5O. The van der Waals surface area contributed by atoms with Gasteiger partial charge < -0.3 is 9.80 Å². The molecule has 2 aromatic heterocycles. The summed E-state index contributed by atoms with van der Waals surface area (Å²) >= 11 is 0. The van der Waals surface area contributed by atoms with Gasteiger partial charge in [0.2, 0.25) is 5.91 Å². The highest BCUT2D eigenvalue weighted by molar-refractivity contribution is 5.76. The zero-order chi connectivity index (χ0) is 17.5. The number of hydrogen-bond acceptors (Lipinski definition) is 5. The van der Waals surface area contributed by atoms with Crippen LogP contribution in [0.1, 0.15) is 36.4 Å². The largest absolute Gasteiger partial charge is 0.342 e. The van der Waals surface area contributed by atoms with Gasteiger partial charge in [0.15, 0.2) is 0 Å². The minimum absolute atomic E-state index is 0.233. The molecule has 6 heteroatoms. The molecule has 1 amide bonds. The zero-order valence-electron chi connectivity index (χ0n) is 14.7. The molecule has 3 rings (SSSR count). The standard InChI is InChI=1S/C19H25N5O/c1-23(13-16-4-2-8-20-12-16)11-7-19(25)24-10-3-5-17(14-24)18-6-9-21-15-22-18/h2,4,6,8-9,12,15,17H,3,5,7,10-11,13-14H2,1H3/t17-/m1/s1. The zero-order valence-corrected chi connectivity index (χ0v) is 14.7. The Hall–Kier alpha value is -2.34. The lowest BCUT2D eigenvalue weighted by Gasteiger charge is -2.33. The molecule has 3 heterocycles. The number of aromatic nitrogens is 3. The average Bonchev–Trinajstić information content (AvgIpc) is 2.68. The van der Waals surface area contributed by atoms with Crippen molar-refractivity contribution in [3.63, 3.8) is 0 Å². The molecule has 1 fully saturated rings. The van der Waals surface area contributed by atoms with Crippen molar-refractivity contribution in [3.05, 3.63) is 54.4 Å². The van der Waals surface area contributed by atoms with Gasteiger partial charge in [-0.25, -0.2) is 9.97 Å². The van der Waals surface area contributed by atoms with E-state index < -0.39 is 0 Å². The fraction of sp³-hybridized carbons (Fsp3) is 0.474. The molecular weight excluding hydrogens is 314 g/mol. The summed E-state index contributed by atoms with van der Waals surface area (Å²) in [6.45, 7) is 3.18. The van der Waals surface area contributed by atoms with Crippen LogP contribution in [-0.4, -0.2) is 57.3 Å². The Morgan fingerprint density at radius 1 is 1.32 bits per heavy atom. The number of piperidine rings is 1. The average molecular weight is 339 g/mol.